The van der Waals surface area contributed by atoms with Crippen molar-refractivity contribution in [2.24, 2.45) is 27.1 Å². The third kappa shape index (κ3) is 13.8. The maximum atomic E-state index is 13.3. The number of halogens is 5. The van der Waals surface area contributed by atoms with Gasteiger partial charge in [-0.2, -0.15) is 25.5 Å². The van der Waals surface area contributed by atoms with Gasteiger partial charge in [0.1, 0.15) is 35.2 Å². The molecule has 16 atom stereocenters. The Morgan fingerprint density at radius 3 is 0.781 bits per heavy atom. The molecule has 0 bridgehead atoms. The van der Waals surface area contributed by atoms with E-state index in [-0.39, 0.29) is 74.5 Å². The van der Waals surface area contributed by atoms with Gasteiger partial charge in [-0.15, -0.1) is 53.6 Å². The average molecular weight is 1810 g/mol. The lowest BCUT2D eigenvalue weighted by molar-refractivity contribution is -0.216. The summed E-state index contributed by atoms with van der Waals surface area (Å²) in [4.78, 5) is 0. The highest BCUT2D eigenvalue weighted by atomic mass is 32.2. The van der Waals surface area contributed by atoms with Gasteiger partial charge in [0.05, 0.1) is 128 Å². The number of nitrogens with zero attached hydrogens (tertiary/aromatic N) is 10. The molecule has 5 saturated heterocycles. The number of hydrogen-bond acceptors (Lipinski definition) is 15. The van der Waals surface area contributed by atoms with E-state index in [1.54, 1.807) is 71.8 Å². The Kier molecular flexibility index (Phi) is 21.4. The molecule has 10 heterocycles. The monoisotopic (exact) mass is 1800 g/mol. The zero-order valence-electron chi connectivity index (χ0n) is 74.3. The minimum absolute atomic E-state index is 0.0467. The molecule has 5 spiro atoms. The lowest BCUT2D eigenvalue weighted by Crippen LogP contribution is -2.46. The summed E-state index contributed by atoms with van der Waals surface area (Å²) in [5, 5.41) is 25.8. The van der Waals surface area contributed by atoms with Gasteiger partial charge in [-0.3, -0.25) is 0 Å². The highest BCUT2D eigenvalue weighted by Gasteiger charge is 2.67. The number of rotatable bonds is 6. The minimum Gasteiger partial charge on any atom is -0.346 e. The summed E-state index contributed by atoms with van der Waals surface area (Å²) in [6.07, 6.45) is 38.3. The van der Waals surface area contributed by atoms with Crippen LogP contribution in [0.25, 0.3) is 58.8 Å². The van der Waals surface area contributed by atoms with Gasteiger partial charge in [0.15, 0.2) is 17.4 Å². The highest BCUT2D eigenvalue weighted by Crippen LogP contribution is 2.73. The smallest absolute Gasteiger partial charge is 0.178 e. The molecular weight excluding hydrogens is 1700 g/mol. The number of aromatic nitrogens is 10. The molecule has 5 saturated carbocycles. The molecule has 25 heteroatoms. The van der Waals surface area contributed by atoms with Gasteiger partial charge in [0.25, 0.3) is 0 Å². The molecule has 5 aromatic heterocycles. The molecule has 3 unspecified atom stereocenters. The van der Waals surface area contributed by atoms with E-state index in [4.69, 9.17) is 28.4 Å². The molecule has 0 amide bonds. The zero-order chi connectivity index (χ0) is 88.6. The number of fused-ring (bicyclic) bond motifs is 15. The van der Waals surface area contributed by atoms with Crippen molar-refractivity contribution in [3.63, 3.8) is 0 Å². The van der Waals surface area contributed by atoms with Crippen molar-refractivity contribution in [3.8, 4) is 28.4 Å². The molecule has 666 valence electrons. The molecule has 0 radical (unpaired) electrons. The van der Waals surface area contributed by atoms with Crippen molar-refractivity contribution in [2.75, 3.05) is 19.8 Å². The predicted octanol–water partition coefficient (Wildman–Crippen LogP) is 23.2. The molecule has 10 fully saturated rings. The van der Waals surface area contributed by atoms with Gasteiger partial charge in [-0.05, 0) is 270 Å². The molecule has 15 aliphatic rings. The molecule has 16 nitrogen and oxygen atoms in total. The van der Waals surface area contributed by atoms with E-state index >= 15 is 0 Å². The number of hydrogen-bond donors (Lipinski definition) is 0. The lowest BCUT2D eigenvalue weighted by atomic mass is 9.72. The summed E-state index contributed by atoms with van der Waals surface area (Å²) in [6.45, 7) is 31.0. The summed E-state index contributed by atoms with van der Waals surface area (Å²) in [6, 6.07) is 32.6. The number of benzene rings is 5. The topological polar surface area (TPSA) is 144 Å². The van der Waals surface area contributed by atoms with Gasteiger partial charge in [-0.1, -0.05) is 96.3 Å². The van der Waals surface area contributed by atoms with Crippen LogP contribution < -0.4 is 0 Å². The van der Waals surface area contributed by atoms with Crippen LogP contribution in [0.2, 0.25) is 0 Å². The van der Waals surface area contributed by atoms with E-state index in [2.05, 4.69) is 186 Å². The van der Waals surface area contributed by atoms with Crippen molar-refractivity contribution in [1.29, 1.82) is 0 Å². The first-order valence-corrected chi connectivity index (χ1v) is 48.9. The molecule has 10 aliphatic carbocycles. The Labute approximate surface area is 762 Å². The summed E-state index contributed by atoms with van der Waals surface area (Å²) < 4.78 is 114. The van der Waals surface area contributed by atoms with E-state index in [1.807, 2.05) is 60.5 Å². The van der Waals surface area contributed by atoms with Crippen LogP contribution in [0.15, 0.2) is 193 Å². The van der Waals surface area contributed by atoms with Gasteiger partial charge in [0, 0.05) is 67.3 Å². The fourth-order valence-corrected chi connectivity index (χ4v) is 32.4. The van der Waals surface area contributed by atoms with Crippen molar-refractivity contribution >= 4 is 77.4 Å². The second-order valence-corrected chi connectivity index (χ2v) is 46.1. The molecular formula is C103H109F5N10O6S4. The SMILES string of the molecule is C=C[C@H]1CO[C@]2(CCC3=Cc4c(cnn4-c4ccc(F)cc4)C[C@@]32C)O1.CC1SC2(CCC3=Cc4c(cnn4-c4ccc(F)cc4)C[C@@]32C)SC1C.C[C@@H]1CO[C@@]2(CCC3=Cc4c(cnn4-c4ccc(F)cc4)C[C@@]32C)O1.C[C@@H]1CO[C@]2(CCC3=Cc4c(cnn4-c4ccc(F)cc4)C[C@@]32C)O1.C[C@@H]1SC2(CCC3=Cc4c(cnn4-c4ccc(F)cc4)C[C@@]32C)S[C@@H]1C. The van der Waals surface area contributed by atoms with E-state index in [0.29, 0.717) is 49.0 Å². The van der Waals surface area contributed by atoms with Crippen LogP contribution in [0.5, 0.6) is 0 Å². The van der Waals surface area contributed by atoms with Crippen LogP contribution >= 0.6 is 47.0 Å². The largest absolute Gasteiger partial charge is 0.346 e. The van der Waals surface area contributed by atoms with E-state index in [1.165, 1.54) is 137 Å². The van der Waals surface area contributed by atoms with Crippen molar-refractivity contribution < 1.29 is 50.4 Å². The van der Waals surface area contributed by atoms with Crippen LogP contribution in [-0.4, -0.2) is 134 Å². The zero-order valence-corrected chi connectivity index (χ0v) is 77.6. The van der Waals surface area contributed by atoms with Crippen LogP contribution in [-0.2, 0) is 60.5 Å². The molecule has 5 aliphatic heterocycles. The Morgan fingerprint density at radius 2 is 0.547 bits per heavy atom. The molecule has 128 heavy (non-hydrogen) atoms. The maximum absolute atomic E-state index is 13.3. The first kappa shape index (κ1) is 86.1. The standard InChI is InChI=1S/C21H21FN2O2.2C21H23FN2S2.2C20H21FN2O2/c1-3-18-13-25-21(26-18)9-8-15-10-19-14(11-20(15,21)2)12-23-24(19)17-6-4-16(22)5-7-17;2*1-13-14(2)26-21(25-13)9-8-16-10-19-15(11-20(16,21)3)12-23-24(19)18-6-4-17(22)5-7-18;2*1-13-12-24-20(25-13)8-7-15-9-18-14(10-19(15,20)2)11-22-23(18)17-5-3-16(21)4-6-17/h3-7,10,12,18H,1,8-9,11,13H2,2H3;2*4-7,10,12-14H,8-9,11H2,1-3H3;2*3-6,9,11,13H,7-8,10,12H2,1-2H3/t18-,20-,21+;13?,14?,20-,21?;13-,14+,20-,21?;13-,19+,20+;13-,19+,20-/m00011/s1. The van der Waals surface area contributed by atoms with Crippen LogP contribution in [0.1, 0.15) is 197 Å². The predicted molar refractivity (Wildman–Crippen MR) is 499 cm³/mol. The minimum atomic E-state index is -0.576. The lowest BCUT2D eigenvalue weighted by Gasteiger charge is -2.42. The maximum Gasteiger partial charge on any atom is 0.178 e. The van der Waals surface area contributed by atoms with Crippen LogP contribution in [0.4, 0.5) is 22.0 Å². The molecule has 10 aromatic rings. The second kappa shape index (κ2) is 31.8. The van der Waals surface area contributed by atoms with E-state index < -0.39 is 17.4 Å². The van der Waals surface area contributed by atoms with Crippen LogP contribution in [0.3, 0.4) is 0 Å². The Hall–Kier alpha value is -8.60. The summed E-state index contributed by atoms with van der Waals surface area (Å²) >= 11 is 8.80. The van der Waals surface area contributed by atoms with Gasteiger partial charge < -0.3 is 28.4 Å². The van der Waals surface area contributed by atoms with E-state index in [0.717, 1.165) is 122 Å². The van der Waals surface area contributed by atoms with Crippen molar-refractivity contribution in [2.45, 2.75) is 237 Å². The third-order valence-electron chi connectivity index (χ3n) is 31.2. The van der Waals surface area contributed by atoms with Gasteiger partial charge in [-0.25, -0.2) is 45.4 Å². The van der Waals surface area contributed by atoms with Crippen molar-refractivity contribution in [1.82, 2.24) is 48.9 Å². The van der Waals surface area contributed by atoms with Gasteiger partial charge in [0.2, 0.25) is 0 Å². The Morgan fingerprint density at radius 1 is 0.320 bits per heavy atom. The van der Waals surface area contributed by atoms with Crippen molar-refractivity contribution in [3.05, 3.63) is 278 Å². The average Bonchev–Trinajstić information content (AvgIpc) is 1.54. The highest BCUT2D eigenvalue weighted by molar-refractivity contribution is 8.22. The third-order valence-corrected chi connectivity index (χ3v) is 40.0. The number of ether oxygens (including phenoxy) is 6. The van der Waals surface area contributed by atoms with Gasteiger partial charge >= 0.3 is 0 Å². The number of allylic oxidation sites excluding steroid dienone is 2. The normalized spacial score (nSPS) is 34.0. The molecule has 25 rings (SSSR count). The second-order valence-electron chi connectivity index (χ2n) is 38.8. The van der Waals surface area contributed by atoms with Crippen LogP contribution in [0, 0.1) is 56.2 Å². The molecule has 0 N–H and O–H groups in total. The first-order valence-electron chi connectivity index (χ1n) is 45.4. The Bertz CT molecular complexity index is 5880. The quantitative estimate of drug-likeness (QED) is 0.115. The first-order chi connectivity index (χ1) is 61.4. The van der Waals surface area contributed by atoms with E-state index in [9.17, 15) is 22.0 Å². The Balaban J connectivity index is 0.0000000972. The summed E-state index contributed by atoms with van der Waals surface area (Å²) in [5.74, 6) is -2.73. The molecule has 5 aromatic carbocycles. The number of thioether (sulfide) groups is 4. The summed E-state index contributed by atoms with van der Waals surface area (Å²) in [7, 11) is 0. The fourth-order valence-electron chi connectivity index (χ4n) is 23.5. The summed E-state index contributed by atoms with van der Waals surface area (Å²) in [5.41, 5.74) is 23.3. The fraction of sp³-hybridized carbons (Fsp3) is 0.447.